The molecule has 0 radical (unpaired) electrons. The van der Waals surface area contributed by atoms with Crippen LogP contribution in [-0.2, 0) is 9.59 Å². The third-order valence-electron chi connectivity index (χ3n) is 4.36. The Kier molecular flexibility index (Phi) is 4.58. The van der Waals surface area contributed by atoms with E-state index in [4.69, 9.17) is 4.74 Å². The van der Waals surface area contributed by atoms with Crippen molar-refractivity contribution in [2.45, 2.75) is 12.5 Å². The van der Waals surface area contributed by atoms with Gasteiger partial charge in [-0.1, -0.05) is 60.7 Å². The maximum atomic E-state index is 12.6. The number of ether oxygens (including phenoxy) is 1. The maximum absolute atomic E-state index is 12.6. The van der Waals surface area contributed by atoms with Gasteiger partial charge in [-0.05, 0) is 23.8 Å². The lowest BCUT2D eigenvalue weighted by atomic mass is 10.0. The Balaban J connectivity index is 1.49. The lowest BCUT2D eigenvalue weighted by Gasteiger charge is -2.25. The first kappa shape index (κ1) is 16.8. The molecule has 2 amide bonds. The zero-order valence-electron chi connectivity index (χ0n) is 14.5. The van der Waals surface area contributed by atoms with Gasteiger partial charge in [-0.3, -0.25) is 9.59 Å². The summed E-state index contributed by atoms with van der Waals surface area (Å²) in [4.78, 5) is 24.8. The lowest BCUT2D eigenvalue weighted by Crippen LogP contribution is -2.39. The van der Waals surface area contributed by atoms with Crippen LogP contribution in [0.3, 0.4) is 0 Å². The molecule has 3 aromatic rings. The van der Waals surface area contributed by atoms with Gasteiger partial charge in [0.05, 0.1) is 12.1 Å². The van der Waals surface area contributed by atoms with Gasteiger partial charge >= 0.3 is 0 Å². The molecule has 4 rings (SSSR count). The molecule has 0 unspecified atom stereocenters. The van der Waals surface area contributed by atoms with E-state index < -0.39 is 6.10 Å². The Hall–Kier alpha value is -3.60. The van der Waals surface area contributed by atoms with Crippen molar-refractivity contribution in [2.75, 3.05) is 10.6 Å². The molecule has 1 heterocycles. The van der Waals surface area contributed by atoms with E-state index in [2.05, 4.69) is 10.6 Å². The van der Waals surface area contributed by atoms with E-state index in [9.17, 15) is 9.59 Å². The Morgan fingerprint density at radius 2 is 1.63 bits per heavy atom. The van der Waals surface area contributed by atoms with Crippen molar-refractivity contribution in [3.8, 4) is 16.9 Å². The maximum Gasteiger partial charge on any atom is 0.266 e. The van der Waals surface area contributed by atoms with Gasteiger partial charge in [0.25, 0.3) is 5.91 Å². The van der Waals surface area contributed by atoms with Crippen molar-refractivity contribution in [1.29, 1.82) is 0 Å². The summed E-state index contributed by atoms with van der Waals surface area (Å²) in [7, 11) is 0. The fourth-order valence-corrected chi connectivity index (χ4v) is 3.06. The van der Waals surface area contributed by atoms with E-state index in [1.54, 1.807) is 12.1 Å². The van der Waals surface area contributed by atoms with Crippen LogP contribution in [0.1, 0.15) is 6.42 Å². The average molecular weight is 358 g/mol. The van der Waals surface area contributed by atoms with Crippen LogP contribution in [0.2, 0.25) is 0 Å². The Morgan fingerprint density at radius 3 is 2.48 bits per heavy atom. The second kappa shape index (κ2) is 7.33. The van der Waals surface area contributed by atoms with E-state index >= 15 is 0 Å². The minimum absolute atomic E-state index is 0.0662. The third-order valence-corrected chi connectivity index (χ3v) is 4.36. The summed E-state index contributed by atoms with van der Waals surface area (Å²) in [6.07, 6.45) is -0.924. The molecule has 0 aliphatic carbocycles. The van der Waals surface area contributed by atoms with Crippen LogP contribution in [0, 0.1) is 0 Å². The number of para-hydroxylation sites is 3. The van der Waals surface area contributed by atoms with Gasteiger partial charge in [0.1, 0.15) is 5.75 Å². The number of anilines is 2. The largest absolute Gasteiger partial charge is 0.478 e. The van der Waals surface area contributed by atoms with Crippen molar-refractivity contribution in [1.82, 2.24) is 0 Å². The van der Waals surface area contributed by atoms with Crippen molar-refractivity contribution in [2.24, 2.45) is 0 Å². The van der Waals surface area contributed by atoms with Crippen LogP contribution in [-0.4, -0.2) is 17.9 Å². The zero-order valence-corrected chi connectivity index (χ0v) is 14.5. The van der Waals surface area contributed by atoms with Crippen molar-refractivity contribution in [3.05, 3.63) is 78.9 Å². The highest BCUT2D eigenvalue weighted by Crippen LogP contribution is 2.30. The Labute approximate surface area is 157 Å². The molecule has 27 heavy (non-hydrogen) atoms. The standard InChI is InChI=1S/C22H18N2O3/c25-21(14-20-22(26)24-18-12-6-7-13-19(18)27-20)23-17-11-5-4-10-16(17)15-8-2-1-3-9-15/h1-13,20H,14H2,(H,23,25)(H,24,26)/t20-/m0/s1. The molecule has 0 saturated carbocycles. The number of fused-ring (bicyclic) bond motifs is 1. The van der Waals surface area contributed by atoms with E-state index in [0.717, 1.165) is 11.1 Å². The fraction of sp³-hybridized carbons (Fsp3) is 0.0909. The molecular formula is C22H18N2O3. The number of hydrogen-bond donors (Lipinski definition) is 2. The normalized spacial score (nSPS) is 15.3. The molecule has 134 valence electrons. The number of carbonyl (C=O) groups is 2. The molecule has 0 bridgehead atoms. The summed E-state index contributed by atoms with van der Waals surface area (Å²) >= 11 is 0. The Bertz CT molecular complexity index is 986. The van der Waals surface area contributed by atoms with E-state index in [1.165, 1.54) is 0 Å². The molecule has 5 nitrogen and oxygen atoms in total. The van der Waals surface area contributed by atoms with Gasteiger partial charge in [0, 0.05) is 11.3 Å². The van der Waals surface area contributed by atoms with E-state index in [-0.39, 0.29) is 18.2 Å². The van der Waals surface area contributed by atoms with Crippen LogP contribution >= 0.6 is 0 Å². The summed E-state index contributed by atoms with van der Waals surface area (Å²) in [5.41, 5.74) is 3.25. The molecule has 0 spiro atoms. The number of carbonyl (C=O) groups excluding carboxylic acids is 2. The van der Waals surface area contributed by atoms with Gasteiger partial charge in [0.15, 0.2) is 6.10 Å². The third kappa shape index (κ3) is 3.67. The first-order chi connectivity index (χ1) is 13.2. The minimum Gasteiger partial charge on any atom is -0.478 e. The second-order valence-electron chi connectivity index (χ2n) is 6.26. The van der Waals surface area contributed by atoms with E-state index in [0.29, 0.717) is 17.1 Å². The minimum atomic E-state index is -0.858. The van der Waals surface area contributed by atoms with Gasteiger partial charge in [-0.2, -0.15) is 0 Å². The highest BCUT2D eigenvalue weighted by molar-refractivity contribution is 6.03. The average Bonchev–Trinajstić information content (AvgIpc) is 2.69. The van der Waals surface area contributed by atoms with Gasteiger partial charge in [-0.25, -0.2) is 0 Å². The molecule has 5 heteroatoms. The van der Waals surface area contributed by atoms with Crippen LogP contribution in [0.15, 0.2) is 78.9 Å². The van der Waals surface area contributed by atoms with Crippen LogP contribution < -0.4 is 15.4 Å². The Morgan fingerprint density at radius 1 is 0.926 bits per heavy atom. The predicted octanol–water partition coefficient (Wildman–Crippen LogP) is 4.08. The quantitative estimate of drug-likeness (QED) is 0.738. The molecule has 1 aliphatic rings. The summed E-state index contributed by atoms with van der Waals surface area (Å²) < 4.78 is 5.69. The molecule has 0 fully saturated rings. The van der Waals surface area contributed by atoms with Crippen LogP contribution in [0.25, 0.3) is 11.1 Å². The SMILES string of the molecule is O=C(C[C@@H]1Oc2ccccc2NC1=O)Nc1ccccc1-c1ccccc1. The first-order valence-electron chi connectivity index (χ1n) is 8.71. The monoisotopic (exact) mass is 358 g/mol. The smallest absolute Gasteiger partial charge is 0.266 e. The van der Waals surface area contributed by atoms with Crippen LogP contribution in [0.4, 0.5) is 11.4 Å². The number of benzene rings is 3. The predicted molar refractivity (Wildman–Crippen MR) is 105 cm³/mol. The first-order valence-corrected chi connectivity index (χ1v) is 8.71. The molecule has 0 aromatic heterocycles. The summed E-state index contributed by atoms with van der Waals surface area (Å²) in [5, 5.41) is 5.67. The lowest BCUT2D eigenvalue weighted by molar-refractivity contribution is -0.128. The number of hydrogen-bond acceptors (Lipinski definition) is 3. The highest BCUT2D eigenvalue weighted by atomic mass is 16.5. The number of amides is 2. The summed E-state index contributed by atoms with van der Waals surface area (Å²) in [6, 6.07) is 24.6. The molecule has 2 N–H and O–H groups in total. The highest BCUT2D eigenvalue weighted by Gasteiger charge is 2.29. The van der Waals surface area contributed by atoms with Gasteiger partial charge in [-0.15, -0.1) is 0 Å². The summed E-state index contributed by atoms with van der Waals surface area (Å²) in [5.74, 6) is -0.0299. The van der Waals surface area contributed by atoms with Gasteiger partial charge in [0.2, 0.25) is 5.91 Å². The topological polar surface area (TPSA) is 67.4 Å². The van der Waals surface area contributed by atoms with Crippen molar-refractivity contribution < 1.29 is 14.3 Å². The molecule has 3 aromatic carbocycles. The summed E-state index contributed by atoms with van der Waals surface area (Å²) in [6.45, 7) is 0. The number of rotatable bonds is 4. The molecular weight excluding hydrogens is 340 g/mol. The van der Waals surface area contributed by atoms with Gasteiger partial charge < -0.3 is 15.4 Å². The van der Waals surface area contributed by atoms with Crippen molar-refractivity contribution in [3.63, 3.8) is 0 Å². The van der Waals surface area contributed by atoms with E-state index in [1.807, 2.05) is 66.7 Å². The van der Waals surface area contributed by atoms with Crippen LogP contribution in [0.5, 0.6) is 5.75 Å². The molecule has 1 aliphatic heterocycles. The van der Waals surface area contributed by atoms with Crippen molar-refractivity contribution >= 4 is 23.2 Å². The molecule has 1 atom stereocenters. The second-order valence-corrected chi connectivity index (χ2v) is 6.26. The fourth-order valence-electron chi connectivity index (χ4n) is 3.06. The zero-order chi connectivity index (χ0) is 18.6. The number of nitrogens with one attached hydrogen (secondary N) is 2. The molecule has 0 saturated heterocycles.